The van der Waals surface area contributed by atoms with Crippen molar-refractivity contribution in [1.29, 1.82) is 0 Å². The second-order valence-corrected chi connectivity index (χ2v) is 5.33. The van der Waals surface area contributed by atoms with Crippen LogP contribution in [-0.4, -0.2) is 16.9 Å². The van der Waals surface area contributed by atoms with Gasteiger partial charge in [-0.1, -0.05) is 11.6 Å². The van der Waals surface area contributed by atoms with E-state index in [-0.39, 0.29) is 0 Å². The van der Waals surface area contributed by atoms with Crippen molar-refractivity contribution in [3.63, 3.8) is 0 Å². The van der Waals surface area contributed by atoms with Crippen molar-refractivity contribution in [2.75, 3.05) is 7.11 Å². The van der Waals surface area contributed by atoms with Crippen molar-refractivity contribution in [2.45, 2.75) is 20.4 Å². The van der Waals surface area contributed by atoms with Crippen molar-refractivity contribution >= 4 is 27.5 Å². The molecule has 0 aliphatic heterocycles. The third-order valence-electron chi connectivity index (χ3n) is 2.86. The molecule has 5 heteroatoms. The van der Waals surface area contributed by atoms with Crippen LogP contribution in [0.3, 0.4) is 0 Å². The van der Waals surface area contributed by atoms with Crippen molar-refractivity contribution in [1.82, 2.24) is 9.78 Å². The van der Waals surface area contributed by atoms with Crippen LogP contribution in [0.2, 0.25) is 5.02 Å². The van der Waals surface area contributed by atoms with E-state index >= 15 is 0 Å². The zero-order valence-corrected chi connectivity index (χ0v) is 12.8. The second-order valence-electron chi connectivity index (χ2n) is 4.10. The maximum absolute atomic E-state index is 6.02. The fourth-order valence-corrected chi connectivity index (χ4v) is 2.34. The maximum atomic E-state index is 6.02. The Labute approximate surface area is 120 Å². The first-order valence-corrected chi connectivity index (χ1v) is 6.72. The van der Waals surface area contributed by atoms with Gasteiger partial charge in [0.25, 0.3) is 0 Å². The molecule has 0 saturated carbocycles. The lowest BCUT2D eigenvalue weighted by Gasteiger charge is -2.10. The SMILES string of the molecule is COc1ccc(Cl)cc1Cn1nc(C)c(Br)c1C. The van der Waals surface area contributed by atoms with E-state index in [1.54, 1.807) is 7.11 Å². The third kappa shape index (κ3) is 2.54. The molecule has 0 N–H and O–H groups in total. The fraction of sp³-hybridized carbons (Fsp3) is 0.308. The normalized spacial score (nSPS) is 10.7. The molecule has 96 valence electrons. The first-order valence-electron chi connectivity index (χ1n) is 5.55. The van der Waals surface area contributed by atoms with Gasteiger partial charge in [-0.2, -0.15) is 5.10 Å². The summed E-state index contributed by atoms with van der Waals surface area (Å²) in [5, 5.41) is 5.18. The molecule has 0 atom stereocenters. The molecule has 2 rings (SSSR count). The molecule has 0 aliphatic rings. The summed E-state index contributed by atoms with van der Waals surface area (Å²) in [6.45, 7) is 4.64. The van der Waals surface area contributed by atoms with Crippen LogP contribution < -0.4 is 4.74 Å². The number of benzene rings is 1. The van der Waals surface area contributed by atoms with Crippen molar-refractivity contribution in [3.8, 4) is 5.75 Å². The lowest BCUT2D eigenvalue weighted by atomic mass is 10.2. The van der Waals surface area contributed by atoms with Gasteiger partial charge in [0.15, 0.2) is 0 Å². The van der Waals surface area contributed by atoms with E-state index < -0.39 is 0 Å². The number of methoxy groups -OCH3 is 1. The molecule has 0 fully saturated rings. The predicted octanol–water partition coefficient (Wildman–Crippen LogP) is 3.97. The standard InChI is InChI=1S/C13H14BrClN2O/c1-8-13(14)9(2)17(16-8)7-10-6-11(15)4-5-12(10)18-3/h4-6H,7H2,1-3H3. The maximum Gasteiger partial charge on any atom is 0.124 e. The monoisotopic (exact) mass is 328 g/mol. The molecule has 1 aromatic heterocycles. The van der Waals surface area contributed by atoms with E-state index in [9.17, 15) is 0 Å². The lowest BCUT2D eigenvalue weighted by Crippen LogP contribution is -2.05. The average Bonchev–Trinajstić information content (AvgIpc) is 2.57. The van der Waals surface area contributed by atoms with Gasteiger partial charge in [0.05, 0.1) is 29.5 Å². The van der Waals surface area contributed by atoms with Crippen molar-refractivity contribution < 1.29 is 4.74 Å². The van der Waals surface area contributed by atoms with Crippen LogP contribution in [0.25, 0.3) is 0 Å². The summed E-state index contributed by atoms with van der Waals surface area (Å²) in [7, 11) is 1.66. The highest BCUT2D eigenvalue weighted by molar-refractivity contribution is 9.10. The molecule has 0 radical (unpaired) electrons. The molecule has 1 aromatic carbocycles. The molecule has 18 heavy (non-hydrogen) atoms. The number of nitrogens with zero attached hydrogens (tertiary/aromatic N) is 2. The number of halogens is 2. The summed E-state index contributed by atoms with van der Waals surface area (Å²) in [5.74, 6) is 0.822. The molecule has 0 bridgehead atoms. The molecule has 2 aromatic rings. The fourth-order valence-electron chi connectivity index (χ4n) is 1.86. The van der Waals surface area contributed by atoms with Gasteiger partial charge < -0.3 is 4.74 Å². The topological polar surface area (TPSA) is 27.1 Å². The molecule has 3 nitrogen and oxygen atoms in total. The van der Waals surface area contributed by atoms with Gasteiger partial charge in [-0.25, -0.2) is 0 Å². The van der Waals surface area contributed by atoms with Crippen LogP contribution in [0.4, 0.5) is 0 Å². The van der Waals surface area contributed by atoms with Crippen LogP contribution in [0.15, 0.2) is 22.7 Å². The molecule has 0 unspecified atom stereocenters. The van der Waals surface area contributed by atoms with Gasteiger partial charge in [0, 0.05) is 10.6 Å². The zero-order valence-electron chi connectivity index (χ0n) is 10.5. The molecular weight excluding hydrogens is 316 g/mol. The Hall–Kier alpha value is -1.00. The van der Waals surface area contributed by atoms with Crippen LogP contribution in [0.1, 0.15) is 17.0 Å². The first kappa shape index (κ1) is 13.4. The van der Waals surface area contributed by atoms with Gasteiger partial charge >= 0.3 is 0 Å². The molecule has 0 aliphatic carbocycles. The first-order chi connectivity index (χ1) is 8.52. The molecule has 0 saturated heterocycles. The molecular formula is C13H14BrClN2O. The Morgan fingerprint density at radius 2 is 2.11 bits per heavy atom. The number of hydrogen-bond donors (Lipinski definition) is 0. The Kier molecular flexibility index (Phi) is 3.97. The highest BCUT2D eigenvalue weighted by Crippen LogP contribution is 2.26. The van der Waals surface area contributed by atoms with Gasteiger partial charge in [0.1, 0.15) is 5.75 Å². The predicted molar refractivity (Wildman–Crippen MR) is 76.5 cm³/mol. The minimum Gasteiger partial charge on any atom is -0.496 e. The number of aromatic nitrogens is 2. The van der Waals surface area contributed by atoms with Crippen LogP contribution >= 0.6 is 27.5 Å². The molecule has 1 heterocycles. The number of rotatable bonds is 3. The molecule has 0 amide bonds. The zero-order chi connectivity index (χ0) is 13.3. The lowest BCUT2D eigenvalue weighted by molar-refractivity contribution is 0.407. The quantitative estimate of drug-likeness (QED) is 0.852. The van der Waals surface area contributed by atoms with Crippen LogP contribution in [-0.2, 0) is 6.54 Å². The summed E-state index contributed by atoms with van der Waals surface area (Å²) in [4.78, 5) is 0. The Morgan fingerprint density at radius 1 is 1.39 bits per heavy atom. The van der Waals surface area contributed by atoms with E-state index in [2.05, 4.69) is 21.0 Å². The van der Waals surface area contributed by atoms with Crippen LogP contribution in [0.5, 0.6) is 5.75 Å². The van der Waals surface area contributed by atoms with E-state index in [4.69, 9.17) is 16.3 Å². The smallest absolute Gasteiger partial charge is 0.124 e. The van der Waals surface area contributed by atoms with Gasteiger partial charge in [-0.05, 0) is 48.0 Å². The summed E-state index contributed by atoms with van der Waals surface area (Å²) >= 11 is 9.54. The number of hydrogen-bond acceptors (Lipinski definition) is 2. The average molecular weight is 330 g/mol. The highest BCUT2D eigenvalue weighted by Gasteiger charge is 2.11. The Balaban J connectivity index is 2.39. The van der Waals surface area contributed by atoms with E-state index in [0.717, 1.165) is 27.2 Å². The van der Waals surface area contributed by atoms with Crippen LogP contribution in [0, 0.1) is 13.8 Å². The summed E-state index contributed by atoms with van der Waals surface area (Å²) in [6.07, 6.45) is 0. The largest absolute Gasteiger partial charge is 0.496 e. The highest BCUT2D eigenvalue weighted by atomic mass is 79.9. The summed E-state index contributed by atoms with van der Waals surface area (Å²) in [5.41, 5.74) is 3.09. The number of aryl methyl sites for hydroxylation is 1. The number of ether oxygens (including phenoxy) is 1. The minimum atomic E-state index is 0.641. The van der Waals surface area contributed by atoms with Gasteiger partial charge in [0.2, 0.25) is 0 Å². The third-order valence-corrected chi connectivity index (χ3v) is 4.24. The van der Waals surface area contributed by atoms with Crippen molar-refractivity contribution in [3.05, 3.63) is 44.6 Å². The molecule has 0 spiro atoms. The van der Waals surface area contributed by atoms with Crippen molar-refractivity contribution in [2.24, 2.45) is 0 Å². The summed E-state index contributed by atoms with van der Waals surface area (Å²) in [6, 6.07) is 5.60. The van der Waals surface area contributed by atoms with E-state index in [0.29, 0.717) is 11.6 Å². The van der Waals surface area contributed by atoms with E-state index in [1.807, 2.05) is 36.7 Å². The van der Waals surface area contributed by atoms with Gasteiger partial charge in [-0.3, -0.25) is 4.68 Å². The Morgan fingerprint density at radius 3 is 2.67 bits per heavy atom. The second kappa shape index (κ2) is 5.33. The summed E-state index contributed by atoms with van der Waals surface area (Å²) < 4.78 is 8.32. The van der Waals surface area contributed by atoms with E-state index in [1.165, 1.54) is 0 Å². The van der Waals surface area contributed by atoms with Gasteiger partial charge in [-0.15, -0.1) is 0 Å². The Bertz CT molecular complexity index is 581. The minimum absolute atomic E-state index is 0.641.